The molecule has 0 aromatic heterocycles. The zero-order chi connectivity index (χ0) is 22.3. The summed E-state index contributed by atoms with van der Waals surface area (Å²) in [6.07, 6.45) is 2.06. The van der Waals surface area contributed by atoms with E-state index in [9.17, 15) is 19.7 Å². The van der Waals surface area contributed by atoms with E-state index < -0.39 is 23.4 Å². The third-order valence-electron chi connectivity index (χ3n) is 3.92. The van der Waals surface area contributed by atoms with Crippen molar-refractivity contribution >= 4 is 34.9 Å². The van der Waals surface area contributed by atoms with Gasteiger partial charge in [0.2, 0.25) is 0 Å². The minimum atomic E-state index is -0.762. The molecule has 9 nitrogen and oxygen atoms in total. The first-order chi connectivity index (χ1) is 14.3. The molecular formula is C20H19ClN2O7. The molecule has 0 saturated carbocycles. The first kappa shape index (κ1) is 22.7. The van der Waals surface area contributed by atoms with E-state index in [4.69, 9.17) is 25.8 Å². The molecule has 0 heterocycles. The van der Waals surface area contributed by atoms with Crippen LogP contribution in [0.5, 0.6) is 11.5 Å². The molecule has 158 valence electrons. The number of nitro benzene ring substituents is 1. The van der Waals surface area contributed by atoms with Gasteiger partial charge in [0.15, 0.2) is 18.1 Å². The number of nitro groups is 1. The number of methoxy groups -OCH3 is 2. The van der Waals surface area contributed by atoms with Gasteiger partial charge in [-0.1, -0.05) is 17.7 Å². The molecule has 0 aliphatic heterocycles. The topological polar surface area (TPSA) is 117 Å². The highest BCUT2D eigenvalue weighted by atomic mass is 35.5. The third-order valence-corrected chi connectivity index (χ3v) is 4.25. The van der Waals surface area contributed by atoms with Gasteiger partial charge in [0, 0.05) is 17.7 Å². The maximum atomic E-state index is 12.4. The average Bonchev–Trinajstić information content (AvgIpc) is 2.72. The molecule has 0 atom stereocenters. The molecule has 0 fully saturated rings. The summed E-state index contributed by atoms with van der Waals surface area (Å²) in [5.41, 5.74) is 0.607. The number of nitrogens with one attached hydrogen (secondary N) is 1. The molecule has 0 radical (unpaired) electrons. The maximum Gasteiger partial charge on any atom is 0.338 e. The number of benzene rings is 2. The van der Waals surface area contributed by atoms with E-state index in [2.05, 4.69) is 11.9 Å². The van der Waals surface area contributed by atoms with Crippen LogP contribution in [0.1, 0.15) is 15.9 Å². The molecule has 0 aliphatic rings. The Morgan fingerprint density at radius 3 is 2.57 bits per heavy atom. The highest BCUT2D eigenvalue weighted by Crippen LogP contribution is 2.33. The van der Waals surface area contributed by atoms with E-state index in [1.54, 1.807) is 12.1 Å². The molecule has 2 aromatic rings. The molecule has 0 spiro atoms. The number of esters is 1. The van der Waals surface area contributed by atoms with E-state index in [1.807, 2.05) is 0 Å². The third kappa shape index (κ3) is 5.48. The molecular weight excluding hydrogens is 416 g/mol. The van der Waals surface area contributed by atoms with Crippen LogP contribution in [-0.2, 0) is 16.0 Å². The summed E-state index contributed by atoms with van der Waals surface area (Å²) >= 11 is 5.93. The Bertz CT molecular complexity index is 991. The second-order valence-electron chi connectivity index (χ2n) is 5.91. The van der Waals surface area contributed by atoms with Crippen molar-refractivity contribution < 1.29 is 28.7 Å². The number of ether oxygens (including phenoxy) is 3. The Balaban J connectivity index is 2.11. The lowest BCUT2D eigenvalue weighted by molar-refractivity contribution is -0.384. The summed E-state index contributed by atoms with van der Waals surface area (Å²) in [4.78, 5) is 34.7. The Labute approximate surface area is 177 Å². The maximum absolute atomic E-state index is 12.4. The lowest BCUT2D eigenvalue weighted by atomic mass is 10.1. The van der Waals surface area contributed by atoms with Gasteiger partial charge in [0.05, 0.1) is 35.4 Å². The van der Waals surface area contributed by atoms with Crippen LogP contribution in [0.3, 0.4) is 0 Å². The monoisotopic (exact) mass is 434 g/mol. The number of non-ortho nitro benzene ring substituents is 1. The Hall–Kier alpha value is -3.59. The van der Waals surface area contributed by atoms with Gasteiger partial charge in [-0.05, 0) is 24.6 Å². The molecule has 0 saturated heterocycles. The predicted molar refractivity (Wildman–Crippen MR) is 110 cm³/mol. The van der Waals surface area contributed by atoms with Crippen molar-refractivity contribution in [1.82, 2.24) is 0 Å². The second kappa shape index (κ2) is 10.3. The molecule has 2 rings (SSSR count). The van der Waals surface area contributed by atoms with Crippen LogP contribution in [0.2, 0.25) is 5.02 Å². The van der Waals surface area contributed by atoms with Crippen LogP contribution in [-0.4, -0.2) is 37.6 Å². The number of halogens is 1. The number of nitrogens with zero attached hydrogens (tertiary/aromatic N) is 1. The lowest BCUT2D eigenvalue weighted by Crippen LogP contribution is -2.21. The van der Waals surface area contributed by atoms with Crippen LogP contribution in [0.4, 0.5) is 11.4 Å². The summed E-state index contributed by atoms with van der Waals surface area (Å²) in [5, 5.41) is 13.3. The zero-order valence-electron chi connectivity index (χ0n) is 16.3. The number of amides is 1. The zero-order valence-corrected chi connectivity index (χ0v) is 17.0. The van der Waals surface area contributed by atoms with Crippen molar-refractivity contribution in [3.8, 4) is 11.5 Å². The highest BCUT2D eigenvalue weighted by molar-refractivity contribution is 6.33. The normalized spacial score (nSPS) is 10.1. The molecule has 10 heteroatoms. The second-order valence-corrected chi connectivity index (χ2v) is 6.32. The van der Waals surface area contributed by atoms with Crippen molar-refractivity contribution in [2.45, 2.75) is 6.42 Å². The van der Waals surface area contributed by atoms with E-state index in [0.717, 1.165) is 6.07 Å². The van der Waals surface area contributed by atoms with Gasteiger partial charge in [-0.25, -0.2) is 4.79 Å². The van der Waals surface area contributed by atoms with Gasteiger partial charge in [-0.2, -0.15) is 0 Å². The summed E-state index contributed by atoms with van der Waals surface area (Å²) in [5.74, 6) is -0.678. The molecule has 1 N–H and O–H groups in total. The fourth-order valence-corrected chi connectivity index (χ4v) is 2.76. The Morgan fingerprint density at radius 1 is 1.23 bits per heavy atom. The van der Waals surface area contributed by atoms with Gasteiger partial charge in [-0.15, -0.1) is 6.58 Å². The lowest BCUT2D eigenvalue weighted by Gasteiger charge is -2.14. The van der Waals surface area contributed by atoms with Crippen molar-refractivity contribution in [1.29, 1.82) is 0 Å². The van der Waals surface area contributed by atoms with Crippen LogP contribution in [0.15, 0.2) is 43.0 Å². The first-order valence-corrected chi connectivity index (χ1v) is 8.95. The first-order valence-electron chi connectivity index (χ1n) is 8.57. The number of allylic oxidation sites excluding steroid dienone is 1. The minimum absolute atomic E-state index is 0.0336. The molecule has 0 unspecified atom stereocenters. The predicted octanol–water partition coefficient (Wildman–Crippen LogP) is 3.79. The quantitative estimate of drug-likeness (QED) is 0.276. The van der Waals surface area contributed by atoms with Gasteiger partial charge >= 0.3 is 5.97 Å². The highest BCUT2D eigenvalue weighted by Gasteiger charge is 2.18. The van der Waals surface area contributed by atoms with Crippen molar-refractivity contribution in [3.05, 3.63) is 69.3 Å². The van der Waals surface area contributed by atoms with Crippen LogP contribution < -0.4 is 14.8 Å². The minimum Gasteiger partial charge on any atom is -0.493 e. The fourth-order valence-electron chi connectivity index (χ4n) is 2.59. The largest absolute Gasteiger partial charge is 0.493 e. The molecule has 0 bridgehead atoms. The standard InChI is InChI=1S/C20H19ClN2O7/c1-4-5-12-8-13(9-17(28-2)19(12)29-3)20(25)30-11-18(24)22-16-10-14(23(26)27)6-7-15(16)21/h4,6-10H,1,5,11H2,2-3H3,(H,22,24). The van der Waals surface area contributed by atoms with E-state index in [1.165, 1.54) is 32.4 Å². The van der Waals surface area contributed by atoms with Crippen molar-refractivity contribution in [3.63, 3.8) is 0 Å². The number of rotatable bonds is 9. The molecule has 1 amide bonds. The fraction of sp³-hybridized carbons (Fsp3) is 0.200. The average molecular weight is 435 g/mol. The van der Waals surface area contributed by atoms with Crippen LogP contribution in [0.25, 0.3) is 0 Å². The van der Waals surface area contributed by atoms with Gasteiger partial charge in [0.1, 0.15) is 0 Å². The van der Waals surface area contributed by atoms with Gasteiger partial charge in [-0.3, -0.25) is 14.9 Å². The van der Waals surface area contributed by atoms with Crippen LogP contribution in [0, 0.1) is 10.1 Å². The van der Waals surface area contributed by atoms with Crippen molar-refractivity contribution in [2.24, 2.45) is 0 Å². The van der Waals surface area contributed by atoms with Crippen molar-refractivity contribution in [2.75, 3.05) is 26.1 Å². The van der Waals surface area contributed by atoms with Gasteiger partial charge < -0.3 is 19.5 Å². The summed E-state index contributed by atoms with van der Waals surface area (Å²) in [6, 6.07) is 6.59. The number of anilines is 1. The van der Waals surface area contributed by atoms with E-state index in [0.29, 0.717) is 23.5 Å². The molecule has 0 aliphatic carbocycles. The van der Waals surface area contributed by atoms with E-state index >= 15 is 0 Å². The smallest absolute Gasteiger partial charge is 0.338 e. The van der Waals surface area contributed by atoms with Gasteiger partial charge in [0.25, 0.3) is 11.6 Å². The molecule has 30 heavy (non-hydrogen) atoms. The number of carbonyl (C=O) groups is 2. The number of hydrogen-bond acceptors (Lipinski definition) is 7. The molecule has 2 aromatic carbocycles. The Morgan fingerprint density at radius 2 is 1.97 bits per heavy atom. The van der Waals surface area contributed by atoms with E-state index in [-0.39, 0.29) is 22.0 Å². The number of hydrogen-bond donors (Lipinski definition) is 1. The summed E-state index contributed by atoms with van der Waals surface area (Å²) < 4.78 is 15.6. The SMILES string of the molecule is C=CCc1cc(C(=O)OCC(=O)Nc2cc([N+](=O)[O-])ccc2Cl)cc(OC)c1OC. The Kier molecular flexibility index (Phi) is 7.76. The summed E-state index contributed by atoms with van der Waals surface area (Å²) in [7, 11) is 2.91. The summed E-state index contributed by atoms with van der Waals surface area (Å²) in [6.45, 7) is 3.04. The number of carbonyl (C=O) groups excluding carboxylic acids is 2. The van der Waals surface area contributed by atoms with Crippen LogP contribution >= 0.6 is 11.6 Å².